The highest BCUT2D eigenvalue weighted by Gasteiger charge is 2.19. The molecule has 0 fully saturated rings. The van der Waals surface area contributed by atoms with Gasteiger partial charge in [0.1, 0.15) is 5.67 Å². The molecule has 1 atom stereocenters. The zero-order chi connectivity index (χ0) is 11.5. The van der Waals surface area contributed by atoms with Crippen molar-refractivity contribution in [3.05, 3.63) is 35.4 Å². The van der Waals surface area contributed by atoms with E-state index in [-0.39, 0.29) is 0 Å². The maximum atomic E-state index is 13.7. The summed E-state index contributed by atoms with van der Waals surface area (Å²) in [5, 5.41) is 0. The minimum atomic E-state index is -1.27. The molecule has 0 saturated heterocycles. The summed E-state index contributed by atoms with van der Waals surface area (Å²) in [5.41, 5.74) is 6.16. The predicted octanol–water partition coefficient (Wildman–Crippen LogP) is 3.34. The normalized spacial score (nSPS) is 13.9. The van der Waals surface area contributed by atoms with Crippen molar-refractivity contribution in [2.24, 2.45) is 5.73 Å². The molecule has 1 aromatic rings. The number of halogens is 1. The number of alkyl halides is 1. The highest BCUT2D eigenvalue weighted by atomic mass is 19.1. The third-order valence-corrected chi connectivity index (χ3v) is 2.74. The summed E-state index contributed by atoms with van der Waals surface area (Å²) in [4.78, 5) is 0. The molecule has 15 heavy (non-hydrogen) atoms. The van der Waals surface area contributed by atoms with E-state index in [0.717, 1.165) is 12.0 Å². The highest BCUT2D eigenvalue weighted by molar-refractivity contribution is 5.29. The van der Waals surface area contributed by atoms with Gasteiger partial charge >= 0.3 is 0 Å². The van der Waals surface area contributed by atoms with Crippen LogP contribution in [-0.4, -0.2) is 6.54 Å². The average Bonchev–Trinajstić information content (AvgIpc) is 2.17. The van der Waals surface area contributed by atoms with Crippen LogP contribution in [0.15, 0.2) is 24.3 Å². The third-order valence-electron chi connectivity index (χ3n) is 2.74. The second-order valence-electron chi connectivity index (χ2n) is 4.58. The number of benzene rings is 1. The Bertz CT molecular complexity index is 315. The van der Waals surface area contributed by atoms with Gasteiger partial charge in [-0.15, -0.1) is 0 Å². The molecule has 1 aromatic carbocycles. The molecule has 0 heterocycles. The van der Waals surface area contributed by atoms with E-state index in [4.69, 9.17) is 5.73 Å². The Hall–Kier alpha value is -0.890. The molecule has 1 rings (SSSR count). The van der Waals surface area contributed by atoms with Crippen LogP contribution in [0.4, 0.5) is 4.39 Å². The standard InChI is InChI=1S/C13H20FN/c1-10(7-8-15)11-5-4-6-12(9-11)13(2,3)14/h4-6,9-10H,7-8,15H2,1-3H3. The van der Waals surface area contributed by atoms with Gasteiger partial charge in [-0.1, -0.05) is 31.2 Å². The lowest BCUT2D eigenvalue weighted by molar-refractivity contribution is 0.221. The van der Waals surface area contributed by atoms with Gasteiger partial charge in [-0.2, -0.15) is 0 Å². The molecule has 0 bridgehead atoms. The van der Waals surface area contributed by atoms with Gasteiger partial charge in [0.2, 0.25) is 0 Å². The molecule has 2 N–H and O–H groups in total. The average molecular weight is 209 g/mol. The highest BCUT2D eigenvalue weighted by Crippen LogP contribution is 2.28. The van der Waals surface area contributed by atoms with Crippen LogP contribution in [0.3, 0.4) is 0 Å². The van der Waals surface area contributed by atoms with Crippen LogP contribution in [-0.2, 0) is 5.67 Å². The minimum absolute atomic E-state index is 0.400. The first-order valence-electron chi connectivity index (χ1n) is 5.44. The Morgan fingerprint density at radius 2 is 2.07 bits per heavy atom. The van der Waals surface area contributed by atoms with Gasteiger partial charge in [-0.05, 0) is 43.9 Å². The number of nitrogens with two attached hydrogens (primary N) is 1. The first kappa shape index (κ1) is 12.2. The molecule has 0 amide bonds. The lowest BCUT2D eigenvalue weighted by Crippen LogP contribution is -2.10. The van der Waals surface area contributed by atoms with Crippen LogP contribution in [0.1, 0.15) is 44.2 Å². The first-order valence-corrected chi connectivity index (χ1v) is 5.44. The Balaban J connectivity index is 2.92. The van der Waals surface area contributed by atoms with Crippen molar-refractivity contribution >= 4 is 0 Å². The van der Waals surface area contributed by atoms with Crippen LogP contribution in [0, 0.1) is 0 Å². The lowest BCUT2D eigenvalue weighted by Gasteiger charge is -2.18. The number of rotatable bonds is 4. The van der Waals surface area contributed by atoms with Crippen molar-refractivity contribution in [2.75, 3.05) is 6.54 Å². The minimum Gasteiger partial charge on any atom is -0.330 e. The van der Waals surface area contributed by atoms with Crippen molar-refractivity contribution < 1.29 is 4.39 Å². The van der Waals surface area contributed by atoms with E-state index < -0.39 is 5.67 Å². The Morgan fingerprint density at radius 1 is 1.40 bits per heavy atom. The summed E-state index contributed by atoms with van der Waals surface area (Å²) in [6, 6.07) is 7.73. The van der Waals surface area contributed by atoms with E-state index in [1.54, 1.807) is 13.8 Å². The van der Waals surface area contributed by atoms with Crippen molar-refractivity contribution in [3.8, 4) is 0 Å². The van der Waals surface area contributed by atoms with Gasteiger partial charge in [0.05, 0.1) is 0 Å². The molecule has 2 heteroatoms. The molecule has 0 aliphatic heterocycles. The van der Waals surface area contributed by atoms with Gasteiger partial charge < -0.3 is 5.73 Å². The lowest BCUT2D eigenvalue weighted by atomic mass is 9.92. The molecule has 1 unspecified atom stereocenters. The number of hydrogen-bond donors (Lipinski definition) is 1. The second-order valence-corrected chi connectivity index (χ2v) is 4.58. The van der Waals surface area contributed by atoms with Crippen LogP contribution < -0.4 is 5.73 Å². The van der Waals surface area contributed by atoms with Crippen LogP contribution in [0.5, 0.6) is 0 Å². The van der Waals surface area contributed by atoms with Crippen LogP contribution in [0.2, 0.25) is 0 Å². The molecule has 0 spiro atoms. The Morgan fingerprint density at radius 3 is 2.60 bits per heavy atom. The molecular formula is C13H20FN. The van der Waals surface area contributed by atoms with Crippen molar-refractivity contribution in [1.82, 2.24) is 0 Å². The van der Waals surface area contributed by atoms with Crippen molar-refractivity contribution in [1.29, 1.82) is 0 Å². The summed E-state index contributed by atoms with van der Waals surface area (Å²) < 4.78 is 13.7. The van der Waals surface area contributed by atoms with Crippen LogP contribution in [0.25, 0.3) is 0 Å². The molecule has 1 nitrogen and oxygen atoms in total. The van der Waals surface area contributed by atoms with E-state index >= 15 is 0 Å². The molecule has 0 aromatic heterocycles. The zero-order valence-corrected chi connectivity index (χ0v) is 9.76. The van der Waals surface area contributed by atoms with Crippen molar-refractivity contribution in [2.45, 2.75) is 38.8 Å². The van der Waals surface area contributed by atoms with E-state index in [1.807, 2.05) is 24.3 Å². The quantitative estimate of drug-likeness (QED) is 0.808. The molecule has 0 saturated carbocycles. The smallest absolute Gasteiger partial charge is 0.130 e. The van der Waals surface area contributed by atoms with Gasteiger partial charge in [0.15, 0.2) is 0 Å². The number of hydrogen-bond acceptors (Lipinski definition) is 1. The van der Waals surface area contributed by atoms with Gasteiger partial charge in [0.25, 0.3) is 0 Å². The second kappa shape index (κ2) is 4.75. The van der Waals surface area contributed by atoms with E-state index in [2.05, 4.69) is 6.92 Å². The fraction of sp³-hybridized carbons (Fsp3) is 0.538. The zero-order valence-electron chi connectivity index (χ0n) is 9.76. The summed E-state index contributed by atoms with van der Waals surface area (Å²) in [7, 11) is 0. The topological polar surface area (TPSA) is 26.0 Å². The third kappa shape index (κ3) is 3.31. The molecule has 0 aliphatic carbocycles. The Labute approximate surface area is 91.5 Å². The predicted molar refractivity (Wildman–Crippen MR) is 62.7 cm³/mol. The summed E-state index contributed by atoms with van der Waals surface area (Å²) >= 11 is 0. The van der Waals surface area contributed by atoms with Gasteiger partial charge in [-0.3, -0.25) is 0 Å². The van der Waals surface area contributed by atoms with E-state index in [0.29, 0.717) is 12.5 Å². The van der Waals surface area contributed by atoms with Crippen LogP contribution >= 0.6 is 0 Å². The molecule has 0 radical (unpaired) electrons. The summed E-state index contributed by atoms with van der Waals surface area (Å²) in [6.45, 7) is 5.96. The van der Waals surface area contributed by atoms with Gasteiger partial charge in [0, 0.05) is 0 Å². The van der Waals surface area contributed by atoms with E-state index in [9.17, 15) is 4.39 Å². The first-order chi connectivity index (χ1) is 6.95. The largest absolute Gasteiger partial charge is 0.330 e. The van der Waals surface area contributed by atoms with E-state index in [1.165, 1.54) is 5.56 Å². The fourth-order valence-corrected chi connectivity index (χ4v) is 1.63. The SMILES string of the molecule is CC(CCN)c1cccc(C(C)(C)F)c1. The maximum Gasteiger partial charge on any atom is 0.130 e. The monoisotopic (exact) mass is 209 g/mol. The molecule has 84 valence electrons. The van der Waals surface area contributed by atoms with Gasteiger partial charge in [-0.25, -0.2) is 4.39 Å². The molecular weight excluding hydrogens is 189 g/mol. The maximum absolute atomic E-state index is 13.7. The summed E-state index contributed by atoms with van der Waals surface area (Å²) in [6.07, 6.45) is 0.941. The fourth-order valence-electron chi connectivity index (χ4n) is 1.63. The van der Waals surface area contributed by atoms with Crippen molar-refractivity contribution in [3.63, 3.8) is 0 Å². The Kier molecular flexibility index (Phi) is 3.86. The summed E-state index contributed by atoms with van der Waals surface area (Å²) in [5.74, 6) is 0.400. The molecule has 0 aliphatic rings.